The number of benzene rings is 1. The molecule has 1 atom stereocenters. The number of nitrogens with zero attached hydrogens (tertiary/aromatic N) is 5. The highest BCUT2D eigenvalue weighted by atomic mass is 19.4. The first kappa shape index (κ1) is 18.3. The molecule has 0 unspecified atom stereocenters. The zero-order valence-electron chi connectivity index (χ0n) is 14.0. The highest BCUT2D eigenvalue weighted by Crippen LogP contribution is 2.29. The Morgan fingerprint density at radius 3 is 2.41 bits per heavy atom. The molecule has 140 valence electrons. The van der Waals surface area contributed by atoms with Gasteiger partial charge in [0.15, 0.2) is 5.82 Å². The number of amides is 2. The summed E-state index contributed by atoms with van der Waals surface area (Å²) < 4.78 is 39.1. The second kappa shape index (κ2) is 7.40. The number of rotatable bonds is 4. The van der Waals surface area contributed by atoms with Gasteiger partial charge in [0.25, 0.3) is 5.95 Å². The Bertz CT molecular complexity index is 910. The summed E-state index contributed by atoms with van der Waals surface area (Å²) in [5.74, 6) is 0.686. The number of carbonyl (C=O) groups is 1. The van der Waals surface area contributed by atoms with E-state index in [2.05, 4.69) is 30.7 Å². The van der Waals surface area contributed by atoms with Crippen LogP contribution in [0.4, 0.5) is 23.7 Å². The molecule has 0 aliphatic rings. The number of hydrogen-bond acceptors (Lipinski definition) is 5. The van der Waals surface area contributed by atoms with Gasteiger partial charge >= 0.3 is 12.2 Å². The summed E-state index contributed by atoms with van der Waals surface area (Å²) in [6, 6.07) is 4.61. The third-order valence-electron chi connectivity index (χ3n) is 3.52. The molecule has 2 aromatic heterocycles. The van der Waals surface area contributed by atoms with Crippen molar-refractivity contribution < 1.29 is 18.0 Å². The minimum atomic E-state index is -4.43. The van der Waals surface area contributed by atoms with Crippen molar-refractivity contribution in [3.63, 3.8) is 0 Å². The van der Waals surface area contributed by atoms with Crippen LogP contribution in [0.2, 0.25) is 0 Å². The summed E-state index contributed by atoms with van der Waals surface area (Å²) in [5.41, 5.74) is -0.571. The van der Waals surface area contributed by atoms with Gasteiger partial charge in [-0.05, 0) is 37.3 Å². The van der Waals surface area contributed by atoms with Crippen molar-refractivity contribution in [1.29, 1.82) is 0 Å². The van der Waals surface area contributed by atoms with E-state index < -0.39 is 23.8 Å². The standard InChI is InChI=1S/C16H14F3N7O/c1-10(13-22-9-23-26(13)14-20-7-2-8-21-14)24-15(27)25-12-5-3-11(4-6-12)16(17,18)19/h2-10H,1H3,(H2,24,25,27)/t10-/m0/s1. The minimum absolute atomic E-state index is 0.223. The molecule has 2 heterocycles. The van der Waals surface area contributed by atoms with Gasteiger partial charge in [-0.25, -0.2) is 19.7 Å². The van der Waals surface area contributed by atoms with Crippen molar-refractivity contribution in [2.75, 3.05) is 5.32 Å². The maximum atomic E-state index is 12.6. The Morgan fingerprint density at radius 2 is 1.78 bits per heavy atom. The average molecular weight is 377 g/mol. The summed E-state index contributed by atoms with van der Waals surface area (Å²) in [7, 11) is 0. The molecule has 0 spiro atoms. The van der Waals surface area contributed by atoms with Crippen LogP contribution in [-0.4, -0.2) is 30.8 Å². The Morgan fingerprint density at radius 1 is 1.11 bits per heavy atom. The molecular weight excluding hydrogens is 363 g/mol. The number of carbonyl (C=O) groups excluding carboxylic acids is 1. The predicted molar refractivity (Wildman–Crippen MR) is 89.0 cm³/mol. The van der Waals surface area contributed by atoms with Gasteiger partial charge in [-0.3, -0.25) is 0 Å². The Kier molecular flexibility index (Phi) is 5.01. The number of urea groups is 1. The topological polar surface area (TPSA) is 97.6 Å². The van der Waals surface area contributed by atoms with Gasteiger partial charge in [0.2, 0.25) is 0 Å². The van der Waals surface area contributed by atoms with E-state index in [0.717, 1.165) is 12.1 Å². The predicted octanol–water partition coefficient (Wildman–Crippen LogP) is 2.96. The van der Waals surface area contributed by atoms with Crippen molar-refractivity contribution in [3.05, 3.63) is 60.4 Å². The van der Waals surface area contributed by atoms with Gasteiger partial charge in [0.05, 0.1) is 11.6 Å². The second-order valence-corrected chi connectivity index (χ2v) is 5.47. The summed E-state index contributed by atoms with van der Waals surface area (Å²) in [6.45, 7) is 1.68. The number of alkyl halides is 3. The van der Waals surface area contributed by atoms with Crippen LogP contribution < -0.4 is 10.6 Å². The lowest BCUT2D eigenvalue weighted by molar-refractivity contribution is -0.137. The molecule has 2 N–H and O–H groups in total. The molecule has 0 saturated carbocycles. The molecule has 3 rings (SSSR count). The molecule has 3 aromatic rings. The maximum absolute atomic E-state index is 12.6. The fourth-order valence-electron chi connectivity index (χ4n) is 2.27. The van der Waals surface area contributed by atoms with E-state index in [-0.39, 0.29) is 5.69 Å². The van der Waals surface area contributed by atoms with Crippen molar-refractivity contribution in [2.24, 2.45) is 0 Å². The van der Waals surface area contributed by atoms with Gasteiger partial charge in [-0.2, -0.15) is 23.0 Å². The Hall–Kier alpha value is -3.50. The zero-order chi connectivity index (χ0) is 19.4. The summed E-state index contributed by atoms with van der Waals surface area (Å²) in [4.78, 5) is 24.3. The van der Waals surface area contributed by atoms with Gasteiger partial charge in [-0.15, -0.1) is 0 Å². The molecule has 11 heteroatoms. The number of nitrogens with one attached hydrogen (secondary N) is 2. The third kappa shape index (κ3) is 4.37. The van der Waals surface area contributed by atoms with Crippen molar-refractivity contribution in [1.82, 2.24) is 30.0 Å². The monoisotopic (exact) mass is 377 g/mol. The lowest BCUT2D eigenvalue weighted by atomic mass is 10.2. The number of halogens is 3. The van der Waals surface area contributed by atoms with E-state index in [0.29, 0.717) is 11.8 Å². The maximum Gasteiger partial charge on any atom is 0.416 e. The van der Waals surface area contributed by atoms with E-state index in [9.17, 15) is 18.0 Å². The van der Waals surface area contributed by atoms with Crippen LogP contribution in [0.5, 0.6) is 0 Å². The molecule has 0 fully saturated rings. The summed E-state index contributed by atoms with van der Waals surface area (Å²) >= 11 is 0. The van der Waals surface area contributed by atoms with Crippen LogP contribution in [0.3, 0.4) is 0 Å². The summed E-state index contributed by atoms with van der Waals surface area (Å²) in [5, 5.41) is 9.13. The lowest BCUT2D eigenvalue weighted by Gasteiger charge is -2.15. The molecule has 0 aliphatic heterocycles. The van der Waals surface area contributed by atoms with E-state index >= 15 is 0 Å². The van der Waals surface area contributed by atoms with Crippen LogP contribution in [-0.2, 0) is 6.18 Å². The summed E-state index contributed by atoms with van der Waals surface area (Å²) in [6.07, 6.45) is -0.0388. The van der Waals surface area contributed by atoms with E-state index in [1.165, 1.54) is 23.1 Å². The van der Waals surface area contributed by atoms with Gasteiger partial charge in [0, 0.05) is 18.1 Å². The van der Waals surface area contributed by atoms with Crippen LogP contribution >= 0.6 is 0 Å². The number of aromatic nitrogens is 5. The minimum Gasteiger partial charge on any atom is -0.328 e. The highest BCUT2D eigenvalue weighted by Gasteiger charge is 2.30. The van der Waals surface area contributed by atoms with Crippen molar-refractivity contribution >= 4 is 11.7 Å². The van der Waals surface area contributed by atoms with Crippen LogP contribution in [0.1, 0.15) is 24.4 Å². The highest BCUT2D eigenvalue weighted by molar-refractivity contribution is 5.89. The fraction of sp³-hybridized carbons (Fsp3) is 0.188. The van der Waals surface area contributed by atoms with Crippen LogP contribution in [0.25, 0.3) is 5.95 Å². The van der Waals surface area contributed by atoms with Gasteiger partial charge < -0.3 is 10.6 Å². The van der Waals surface area contributed by atoms with E-state index in [1.54, 1.807) is 25.4 Å². The molecule has 0 bridgehead atoms. The van der Waals surface area contributed by atoms with Crippen molar-refractivity contribution in [3.8, 4) is 5.95 Å². The van der Waals surface area contributed by atoms with Crippen molar-refractivity contribution in [2.45, 2.75) is 19.1 Å². The molecule has 2 amide bonds. The SMILES string of the molecule is C[C@H](NC(=O)Nc1ccc(C(F)(F)F)cc1)c1ncnn1-c1ncccn1. The fourth-order valence-corrected chi connectivity index (χ4v) is 2.27. The van der Waals surface area contributed by atoms with Crippen LogP contribution in [0, 0.1) is 0 Å². The molecule has 1 aromatic carbocycles. The Balaban J connectivity index is 1.66. The average Bonchev–Trinajstić information content (AvgIpc) is 3.12. The van der Waals surface area contributed by atoms with E-state index in [4.69, 9.17) is 0 Å². The first-order valence-corrected chi connectivity index (χ1v) is 7.76. The molecular formula is C16H14F3N7O. The second-order valence-electron chi connectivity index (χ2n) is 5.47. The lowest BCUT2D eigenvalue weighted by Crippen LogP contribution is -2.32. The normalized spacial score (nSPS) is 12.4. The zero-order valence-corrected chi connectivity index (χ0v) is 14.0. The number of hydrogen-bond donors (Lipinski definition) is 2. The smallest absolute Gasteiger partial charge is 0.328 e. The van der Waals surface area contributed by atoms with Gasteiger partial charge in [0.1, 0.15) is 6.33 Å². The van der Waals surface area contributed by atoms with Gasteiger partial charge in [-0.1, -0.05) is 0 Å². The third-order valence-corrected chi connectivity index (χ3v) is 3.52. The molecule has 8 nitrogen and oxygen atoms in total. The number of anilines is 1. The van der Waals surface area contributed by atoms with Crippen LogP contribution in [0.15, 0.2) is 49.1 Å². The largest absolute Gasteiger partial charge is 0.416 e. The quantitative estimate of drug-likeness (QED) is 0.729. The molecule has 0 radical (unpaired) electrons. The molecule has 0 saturated heterocycles. The van der Waals surface area contributed by atoms with E-state index in [1.807, 2.05) is 0 Å². The first-order valence-electron chi connectivity index (χ1n) is 7.76. The first-order chi connectivity index (χ1) is 12.8. The Labute approximate surface area is 151 Å². The molecule has 0 aliphatic carbocycles. The molecule has 27 heavy (non-hydrogen) atoms.